The Kier molecular flexibility index (Phi) is 8.38. The van der Waals surface area contributed by atoms with E-state index in [9.17, 15) is 0 Å². The van der Waals surface area contributed by atoms with Crippen molar-refractivity contribution in [2.45, 2.75) is 0 Å². The van der Waals surface area contributed by atoms with Crippen LogP contribution in [0.2, 0.25) is 0 Å². The van der Waals surface area contributed by atoms with Crippen LogP contribution in [-0.2, 0) is 0 Å². The number of hydrogen-bond donors (Lipinski definition) is 0. The van der Waals surface area contributed by atoms with Crippen LogP contribution in [0.15, 0.2) is 217 Å². The molecule has 0 saturated carbocycles. The summed E-state index contributed by atoms with van der Waals surface area (Å²) in [6, 6.07) is 71.0. The monoisotopic (exact) mass is 793 g/mol. The van der Waals surface area contributed by atoms with Gasteiger partial charge in [0.15, 0.2) is 23.1 Å². The minimum absolute atomic E-state index is 0.524. The Morgan fingerprint density at radius 2 is 0.935 bits per heavy atom. The van der Waals surface area contributed by atoms with Crippen molar-refractivity contribution in [3.05, 3.63) is 212 Å². The average Bonchev–Trinajstić information content (AvgIpc) is 3.91. The van der Waals surface area contributed by atoms with Crippen LogP contribution in [0.3, 0.4) is 0 Å². The van der Waals surface area contributed by atoms with Gasteiger partial charge in [0.05, 0.1) is 16.7 Å². The maximum absolute atomic E-state index is 6.99. The van der Waals surface area contributed by atoms with Crippen molar-refractivity contribution in [1.29, 1.82) is 0 Å². The van der Waals surface area contributed by atoms with E-state index in [-0.39, 0.29) is 0 Å². The summed E-state index contributed by atoms with van der Waals surface area (Å²) in [7, 11) is 0. The molecule has 0 fully saturated rings. The van der Waals surface area contributed by atoms with Gasteiger partial charge in [0.2, 0.25) is 0 Å². The molecule has 0 radical (unpaired) electrons. The summed E-state index contributed by atoms with van der Waals surface area (Å²) in [6.07, 6.45) is 1.98. The number of fused-ring (bicyclic) bond motifs is 7. The van der Waals surface area contributed by atoms with Gasteiger partial charge in [0.1, 0.15) is 5.58 Å². The van der Waals surface area contributed by atoms with E-state index in [1.165, 1.54) is 5.39 Å². The van der Waals surface area contributed by atoms with Gasteiger partial charge < -0.3 is 8.98 Å². The quantitative estimate of drug-likeness (QED) is 0.161. The van der Waals surface area contributed by atoms with E-state index < -0.39 is 0 Å². The highest BCUT2D eigenvalue weighted by atomic mass is 16.3. The number of hydrogen-bond acceptors (Lipinski definition) is 5. The van der Waals surface area contributed by atoms with Crippen LogP contribution in [0.25, 0.3) is 117 Å². The van der Waals surface area contributed by atoms with E-state index in [0.29, 0.717) is 17.5 Å². The molecule has 0 bridgehead atoms. The Labute approximate surface area is 357 Å². The number of rotatable bonds is 7. The van der Waals surface area contributed by atoms with E-state index in [1.807, 2.05) is 85.1 Å². The summed E-state index contributed by atoms with van der Waals surface area (Å²) < 4.78 is 9.31. The number of para-hydroxylation sites is 2. The molecule has 4 aromatic heterocycles. The van der Waals surface area contributed by atoms with Crippen LogP contribution in [-0.4, -0.2) is 24.5 Å². The van der Waals surface area contributed by atoms with E-state index in [1.54, 1.807) is 0 Å². The SMILES string of the molecule is c1ccc(-c2nc(-c3ccccc3)nc(-c3cc(-c4ccccc4-c4ccccc4)cnc3-c3cccc4oc5c(ccc6c7ccccc7n(-c7ccccc7)c65)c34)n2)cc1. The molecule has 0 aliphatic rings. The van der Waals surface area contributed by atoms with Gasteiger partial charge in [-0.1, -0.05) is 170 Å². The largest absolute Gasteiger partial charge is 0.454 e. The molecule has 0 aliphatic carbocycles. The van der Waals surface area contributed by atoms with Crippen molar-refractivity contribution in [1.82, 2.24) is 24.5 Å². The zero-order chi connectivity index (χ0) is 41.0. The first kappa shape index (κ1) is 35.5. The molecule has 12 rings (SSSR count). The molecular formula is C56H35N5O. The van der Waals surface area contributed by atoms with Crippen LogP contribution in [0.4, 0.5) is 0 Å². The van der Waals surface area contributed by atoms with Crippen LogP contribution in [0.5, 0.6) is 0 Å². The summed E-state index contributed by atoms with van der Waals surface area (Å²) in [5.74, 6) is 1.69. The first-order chi connectivity index (χ1) is 30.8. The van der Waals surface area contributed by atoms with Crippen LogP contribution in [0.1, 0.15) is 0 Å². The van der Waals surface area contributed by atoms with Gasteiger partial charge in [-0.15, -0.1) is 0 Å². The molecule has 290 valence electrons. The van der Waals surface area contributed by atoms with Crippen molar-refractivity contribution in [3.63, 3.8) is 0 Å². The zero-order valence-electron chi connectivity index (χ0n) is 33.4. The second-order valence-corrected chi connectivity index (χ2v) is 15.4. The fourth-order valence-electron chi connectivity index (χ4n) is 8.90. The van der Waals surface area contributed by atoms with Crippen molar-refractivity contribution in [2.24, 2.45) is 0 Å². The lowest BCUT2D eigenvalue weighted by molar-refractivity contribution is 0.671. The molecule has 0 saturated heterocycles. The van der Waals surface area contributed by atoms with Gasteiger partial charge in [-0.3, -0.25) is 4.98 Å². The molecule has 6 heteroatoms. The molecule has 0 unspecified atom stereocenters. The van der Waals surface area contributed by atoms with E-state index in [4.69, 9.17) is 24.4 Å². The maximum Gasteiger partial charge on any atom is 0.166 e. The maximum atomic E-state index is 6.99. The topological polar surface area (TPSA) is 69.6 Å². The lowest BCUT2D eigenvalue weighted by Gasteiger charge is -2.15. The Bertz CT molecular complexity index is 3560. The number of pyridine rings is 1. The molecular weight excluding hydrogens is 759 g/mol. The van der Waals surface area contributed by atoms with E-state index >= 15 is 0 Å². The average molecular weight is 794 g/mol. The van der Waals surface area contributed by atoms with Crippen molar-refractivity contribution in [2.75, 3.05) is 0 Å². The summed E-state index contributed by atoms with van der Waals surface area (Å²) in [5.41, 5.74) is 13.3. The van der Waals surface area contributed by atoms with Gasteiger partial charge in [0, 0.05) is 61.2 Å². The molecule has 6 nitrogen and oxygen atoms in total. The van der Waals surface area contributed by atoms with Gasteiger partial charge in [0.25, 0.3) is 0 Å². The molecule has 8 aromatic carbocycles. The lowest BCUT2D eigenvalue weighted by Crippen LogP contribution is -2.02. The zero-order valence-corrected chi connectivity index (χ0v) is 33.4. The van der Waals surface area contributed by atoms with Crippen molar-refractivity contribution in [3.8, 4) is 73.4 Å². The van der Waals surface area contributed by atoms with Crippen molar-refractivity contribution < 1.29 is 4.42 Å². The second-order valence-electron chi connectivity index (χ2n) is 15.4. The molecule has 62 heavy (non-hydrogen) atoms. The number of furan rings is 1. The Balaban J connectivity index is 1.15. The minimum Gasteiger partial charge on any atom is -0.454 e. The Hall–Kier alpha value is -8.48. The predicted octanol–water partition coefficient (Wildman–Crippen LogP) is 14.3. The van der Waals surface area contributed by atoms with Gasteiger partial charge in [-0.25, -0.2) is 15.0 Å². The predicted molar refractivity (Wildman–Crippen MR) is 252 cm³/mol. The van der Waals surface area contributed by atoms with Crippen LogP contribution in [0, 0.1) is 0 Å². The second kappa shape index (κ2) is 14.7. The molecule has 0 N–H and O–H groups in total. The molecule has 0 atom stereocenters. The normalized spacial score (nSPS) is 11.5. The standard InChI is InChI=1S/C56H35N5O/c1-5-18-36(19-6-1)41-26-13-14-27-42(41)39-34-47(56-59-54(37-20-7-2-8-21-37)58-55(60-56)38-22-9-3-10-23-38)51(57-35-39)45-29-17-31-49-50(45)46-33-32-44-43-28-15-16-30-48(43)61(52(44)53(46)62-49)40-24-11-4-12-25-40/h1-35H. The number of aromatic nitrogens is 5. The fourth-order valence-corrected chi connectivity index (χ4v) is 8.90. The van der Waals surface area contributed by atoms with Crippen molar-refractivity contribution >= 4 is 43.7 Å². The fraction of sp³-hybridized carbons (Fsp3) is 0. The third-order valence-electron chi connectivity index (χ3n) is 11.7. The van der Waals surface area contributed by atoms with E-state index in [0.717, 1.165) is 94.2 Å². The van der Waals surface area contributed by atoms with E-state index in [2.05, 4.69) is 132 Å². The van der Waals surface area contributed by atoms with Crippen LogP contribution >= 0.6 is 0 Å². The van der Waals surface area contributed by atoms with Gasteiger partial charge in [-0.05, 0) is 53.1 Å². The first-order valence-electron chi connectivity index (χ1n) is 20.7. The molecule has 0 amide bonds. The highest BCUT2D eigenvalue weighted by molar-refractivity contribution is 6.23. The highest BCUT2D eigenvalue weighted by Crippen LogP contribution is 2.45. The Morgan fingerprint density at radius 3 is 1.63 bits per heavy atom. The van der Waals surface area contributed by atoms with Gasteiger partial charge >= 0.3 is 0 Å². The highest BCUT2D eigenvalue weighted by Gasteiger charge is 2.24. The summed E-state index contributed by atoms with van der Waals surface area (Å²) in [6.45, 7) is 0. The summed E-state index contributed by atoms with van der Waals surface area (Å²) in [4.78, 5) is 20.9. The summed E-state index contributed by atoms with van der Waals surface area (Å²) >= 11 is 0. The smallest absolute Gasteiger partial charge is 0.166 e. The molecule has 0 spiro atoms. The molecule has 0 aliphatic heterocycles. The van der Waals surface area contributed by atoms with Gasteiger partial charge in [-0.2, -0.15) is 0 Å². The number of nitrogens with zero attached hydrogens (tertiary/aromatic N) is 5. The summed E-state index contributed by atoms with van der Waals surface area (Å²) in [5, 5.41) is 4.27. The lowest BCUT2D eigenvalue weighted by atomic mass is 9.93. The minimum atomic E-state index is 0.524. The Morgan fingerprint density at radius 1 is 0.387 bits per heavy atom. The third-order valence-corrected chi connectivity index (χ3v) is 11.7. The van der Waals surface area contributed by atoms with Crippen LogP contribution < -0.4 is 0 Å². The first-order valence-corrected chi connectivity index (χ1v) is 20.7. The molecule has 12 aromatic rings. The molecule has 4 heterocycles. The third kappa shape index (κ3) is 5.88. The number of benzene rings is 8.